The number of nitrogens with zero attached hydrogens (tertiary/aromatic N) is 4. The van der Waals surface area contributed by atoms with Crippen LogP contribution < -0.4 is 4.74 Å². The minimum Gasteiger partial charge on any atom is -0.463 e. The molecule has 1 aromatic heterocycles. The quantitative estimate of drug-likeness (QED) is 0.722. The van der Waals surface area contributed by atoms with E-state index in [1.54, 1.807) is 6.26 Å². The lowest BCUT2D eigenvalue weighted by molar-refractivity contribution is -0.0256. The van der Waals surface area contributed by atoms with E-state index in [1.807, 2.05) is 35.0 Å². The monoisotopic (exact) mass is 402 g/mol. The maximum absolute atomic E-state index is 11.1. The van der Waals surface area contributed by atoms with Crippen LogP contribution in [-0.2, 0) is 12.0 Å². The number of hydrogen-bond donors (Lipinski definition) is 1. The summed E-state index contributed by atoms with van der Waals surface area (Å²) in [6.07, 6.45) is 5.86. The van der Waals surface area contributed by atoms with Gasteiger partial charge in [-0.15, -0.1) is 10.2 Å². The van der Waals surface area contributed by atoms with Gasteiger partial charge in [0.1, 0.15) is 17.8 Å². The smallest absolute Gasteiger partial charge is 0.171 e. The summed E-state index contributed by atoms with van der Waals surface area (Å²) in [5.74, 6) is 2.51. The first-order valence-electron chi connectivity index (χ1n) is 10.5. The van der Waals surface area contributed by atoms with Crippen LogP contribution in [0.15, 0.2) is 54.8 Å². The van der Waals surface area contributed by atoms with E-state index in [-0.39, 0.29) is 0 Å². The van der Waals surface area contributed by atoms with Crippen molar-refractivity contribution in [1.29, 1.82) is 0 Å². The molecule has 1 N–H and O–H groups in total. The van der Waals surface area contributed by atoms with E-state index in [1.165, 1.54) is 5.56 Å². The Morgan fingerprint density at radius 1 is 1.03 bits per heavy atom. The molecule has 2 aliphatic heterocycles. The van der Waals surface area contributed by atoms with Crippen LogP contribution >= 0.6 is 0 Å². The van der Waals surface area contributed by atoms with Crippen LogP contribution in [0.5, 0.6) is 5.75 Å². The van der Waals surface area contributed by atoms with Crippen LogP contribution in [0, 0.1) is 6.92 Å². The molecule has 3 heterocycles. The van der Waals surface area contributed by atoms with E-state index in [2.05, 4.69) is 46.3 Å². The Balaban J connectivity index is 1.25. The molecule has 0 atom stereocenters. The zero-order chi connectivity index (χ0) is 20.6. The molecule has 0 spiro atoms. The van der Waals surface area contributed by atoms with E-state index >= 15 is 0 Å². The van der Waals surface area contributed by atoms with Crippen molar-refractivity contribution in [2.45, 2.75) is 31.8 Å². The Kier molecular flexibility index (Phi) is 4.89. The lowest BCUT2D eigenvalue weighted by atomic mass is 9.84. The fourth-order valence-electron chi connectivity index (χ4n) is 4.31. The van der Waals surface area contributed by atoms with Gasteiger partial charge in [0.15, 0.2) is 5.82 Å². The molecule has 0 amide bonds. The lowest BCUT2D eigenvalue weighted by Crippen LogP contribution is -2.43. The average molecular weight is 402 g/mol. The molecule has 3 aromatic rings. The van der Waals surface area contributed by atoms with Crippen LogP contribution in [0.25, 0.3) is 17.6 Å². The van der Waals surface area contributed by atoms with Gasteiger partial charge in [0.25, 0.3) is 0 Å². The van der Waals surface area contributed by atoms with Gasteiger partial charge in [0.2, 0.25) is 0 Å². The number of likely N-dealkylation sites (tertiary alicyclic amines) is 1. The Hall–Kier alpha value is -2.96. The van der Waals surface area contributed by atoms with E-state index in [0.717, 1.165) is 67.4 Å². The Labute approximate surface area is 176 Å². The van der Waals surface area contributed by atoms with Gasteiger partial charge in [-0.05, 0) is 37.5 Å². The highest BCUT2D eigenvalue weighted by Crippen LogP contribution is 2.34. The number of rotatable bonds is 4. The first-order chi connectivity index (χ1) is 14.6. The zero-order valence-corrected chi connectivity index (χ0v) is 17.2. The van der Waals surface area contributed by atoms with E-state index in [9.17, 15) is 5.11 Å². The summed E-state index contributed by atoms with van der Waals surface area (Å²) >= 11 is 0. The molecule has 5 rings (SSSR count). The van der Waals surface area contributed by atoms with Gasteiger partial charge in [-0.3, -0.25) is 4.57 Å². The number of aryl methyl sites for hydroxylation is 1. The van der Waals surface area contributed by atoms with Crippen LogP contribution in [0.2, 0.25) is 0 Å². The van der Waals surface area contributed by atoms with Gasteiger partial charge < -0.3 is 14.7 Å². The molecular weight excluding hydrogens is 376 g/mol. The van der Waals surface area contributed by atoms with Crippen LogP contribution in [-0.4, -0.2) is 44.4 Å². The van der Waals surface area contributed by atoms with Crippen LogP contribution in [0.3, 0.4) is 0 Å². The van der Waals surface area contributed by atoms with Crippen molar-refractivity contribution in [2.75, 3.05) is 19.6 Å². The second-order valence-electron chi connectivity index (χ2n) is 8.20. The molecule has 6 heteroatoms. The first-order valence-corrected chi connectivity index (χ1v) is 10.5. The van der Waals surface area contributed by atoms with Crippen molar-refractivity contribution < 1.29 is 9.84 Å². The topological polar surface area (TPSA) is 63.4 Å². The van der Waals surface area contributed by atoms with Crippen molar-refractivity contribution in [2.24, 2.45) is 0 Å². The van der Waals surface area contributed by atoms with Crippen molar-refractivity contribution in [1.82, 2.24) is 19.7 Å². The number of ether oxygens (including phenoxy) is 1. The maximum atomic E-state index is 11.1. The first kappa shape index (κ1) is 19.0. The third kappa shape index (κ3) is 3.53. The Bertz CT molecular complexity index is 1060. The molecule has 0 saturated carbocycles. The second kappa shape index (κ2) is 7.70. The van der Waals surface area contributed by atoms with E-state index < -0.39 is 5.60 Å². The number of fused-ring (bicyclic) bond motifs is 3. The van der Waals surface area contributed by atoms with Crippen LogP contribution in [0.4, 0.5) is 0 Å². The largest absolute Gasteiger partial charge is 0.463 e. The number of aliphatic hydroxyl groups is 1. The summed E-state index contributed by atoms with van der Waals surface area (Å²) in [5, 5.41) is 20.0. The fourth-order valence-corrected chi connectivity index (χ4v) is 4.31. The number of aromatic nitrogens is 3. The molecule has 1 saturated heterocycles. The highest BCUT2D eigenvalue weighted by atomic mass is 16.5. The van der Waals surface area contributed by atoms with Crippen molar-refractivity contribution in [3.8, 4) is 17.1 Å². The standard InChI is InChI=1S/C24H26N4O2/c1-18-6-8-19(9-7-18)24(29)11-14-27(15-12-24)13-10-22-25-26-23-20-4-2-3-5-21(20)30-17-16-28(22)23/h2-9,16-17,29H,10-15H2,1H3. The number of benzene rings is 2. The van der Waals surface area contributed by atoms with E-state index in [4.69, 9.17) is 4.74 Å². The van der Waals surface area contributed by atoms with Gasteiger partial charge in [-0.1, -0.05) is 42.0 Å². The zero-order valence-electron chi connectivity index (χ0n) is 17.2. The normalized spacial score (nSPS) is 17.7. The molecule has 0 radical (unpaired) electrons. The van der Waals surface area contributed by atoms with Gasteiger partial charge in [-0.25, -0.2) is 0 Å². The van der Waals surface area contributed by atoms with Crippen molar-refractivity contribution in [3.63, 3.8) is 0 Å². The van der Waals surface area contributed by atoms with Crippen molar-refractivity contribution in [3.05, 3.63) is 71.7 Å². The second-order valence-corrected chi connectivity index (χ2v) is 8.20. The summed E-state index contributed by atoms with van der Waals surface area (Å²) in [6.45, 7) is 4.69. The molecule has 2 aromatic carbocycles. The minimum absolute atomic E-state index is 0.722. The third-order valence-corrected chi connectivity index (χ3v) is 6.22. The van der Waals surface area contributed by atoms with Gasteiger partial charge >= 0.3 is 0 Å². The summed E-state index contributed by atoms with van der Waals surface area (Å²) in [6, 6.07) is 16.1. The number of para-hydroxylation sites is 1. The predicted octanol–water partition coefficient (Wildman–Crippen LogP) is 3.60. The molecule has 0 unspecified atom stereocenters. The lowest BCUT2D eigenvalue weighted by Gasteiger charge is -2.38. The third-order valence-electron chi connectivity index (χ3n) is 6.22. The molecule has 0 aliphatic carbocycles. The number of hydrogen-bond acceptors (Lipinski definition) is 5. The maximum Gasteiger partial charge on any atom is 0.171 e. The molecule has 6 nitrogen and oxygen atoms in total. The molecule has 154 valence electrons. The molecule has 1 fully saturated rings. The average Bonchev–Trinajstić information content (AvgIpc) is 3.07. The van der Waals surface area contributed by atoms with Gasteiger partial charge in [-0.2, -0.15) is 0 Å². The molecular formula is C24H26N4O2. The Morgan fingerprint density at radius 2 is 1.80 bits per heavy atom. The minimum atomic E-state index is -0.722. The van der Waals surface area contributed by atoms with Crippen LogP contribution in [0.1, 0.15) is 29.8 Å². The van der Waals surface area contributed by atoms with Crippen molar-refractivity contribution >= 4 is 6.20 Å². The highest BCUT2D eigenvalue weighted by molar-refractivity contribution is 5.67. The molecule has 2 aliphatic rings. The predicted molar refractivity (Wildman–Crippen MR) is 116 cm³/mol. The SMILES string of the molecule is Cc1ccc(C2(O)CCN(CCc3nnc4n3C=COc3ccccc3-4)CC2)cc1. The summed E-state index contributed by atoms with van der Waals surface area (Å²) < 4.78 is 7.72. The summed E-state index contributed by atoms with van der Waals surface area (Å²) in [7, 11) is 0. The molecule has 30 heavy (non-hydrogen) atoms. The highest BCUT2D eigenvalue weighted by Gasteiger charge is 2.33. The summed E-state index contributed by atoms with van der Waals surface area (Å²) in [5.41, 5.74) is 2.47. The summed E-state index contributed by atoms with van der Waals surface area (Å²) in [4.78, 5) is 2.40. The fraction of sp³-hybridized carbons (Fsp3) is 0.333. The molecule has 0 bridgehead atoms. The number of piperidine rings is 1. The van der Waals surface area contributed by atoms with E-state index in [0.29, 0.717) is 0 Å². The van der Waals surface area contributed by atoms with Gasteiger partial charge in [0, 0.05) is 32.3 Å². The van der Waals surface area contributed by atoms with Gasteiger partial charge in [0.05, 0.1) is 11.2 Å². The Morgan fingerprint density at radius 3 is 2.60 bits per heavy atom.